The molecule has 0 aliphatic heterocycles. The molecule has 2 heterocycles. The lowest BCUT2D eigenvalue weighted by Gasteiger charge is -2.09. The molecule has 3 aromatic rings. The smallest absolute Gasteiger partial charge is 0.267 e. The number of nitrogens with zero attached hydrogens (tertiary/aromatic N) is 3. The van der Waals surface area contributed by atoms with Crippen molar-refractivity contribution in [3.8, 4) is 0 Å². The monoisotopic (exact) mass is 323 g/mol. The molecule has 0 saturated heterocycles. The molecule has 0 radical (unpaired) electrons. The maximum Gasteiger partial charge on any atom is 0.282 e. The highest BCUT2D eigenvalue weighted by Crippen LogP contribution is 2.33. The number of hydrogen-bond donors (Lipinski definition) is 0. The highest BCUT2D eigenvalue weighted by Gasteiger charge is 2.19. The lowest BCUT2D eigenvalue weighted by atomic mass is 9.97. The zero-order chi connectivity index (χ0) is 15.8. The second-order valence-electron chi connectivity index (χ2n) is 5.89. The number of thiophene rings is 1. The number of aryl methyl sites for hydroxylation is 3. The Hall–Kier alpha value is -2.27. The van der Waals surface area contributed by atoms with Crippen molar-refractivity contribution < 1.29 is 0 Å². The van der Waals surface area contributed by atoms with Crippen LogP contribution in [0.2, 0.25) is 0 Å². The molecule has 4 nitrogen and oxygen atoms in total. The summed E-state index contributed by atoms with van der Waals surface area (Å²) in [5, 5.41) is 5.11. The Morgan fingerprint density at radius 3 is 2.96 bits per heavy atom. The van der Waals surface area contributed by atoms with Crippen molar-refractivity contribution in [2.24, 2.45) is 5.10 Å². The fourth-order valence-corrected chi connectivity index (χ4v) is 4.29. The molecule has 0 bridgehead atoms. The fraction of sp³-hybridized carbons (Fsp3) is 0.278. The molecule has 116 valence electrons. The van der Waals surface area contributed by atoms with Gasteiger partial charge in [0.15, 0.2) is 0 Å². The standard InChI is InChI=1S/C18H17N3OS/c1-12-6-2-3-7-13(12)10-20-21-11-19-17-16(18(21)22)14-8-4-5-9-15(14)23-17/h2-3,6-7,10-11H,4-5,8-9H2,1H3. The molecule has 2 aromatic heterocycles. The van der Waals surface area contributed by atoms with E-state index in [-0.39, 0.29) is 5.56 Å². The normalized spacial score (nSPS) is 14.5. The average molecular weight is 323 g/mol. The Balaban J connectivity index is 1.81. The van der Waals surface area contributed by atoms with E-state index in [2.05, 4.69) is 10.1 Å². The second kappa shape index (κ2) is 5.74. The van der Waals surface area contributed by atoms with E-state index in [0.717, 1.165) is 40.6 Å². The van der Waals surface area contributed by atoms with Crippen LogP contribution in [0.15, 0.2) is 40.5 Å². The molecule has 23 heavy (non-hydrogen) atoms. The first-order chi connectivity index (χ1) is 11.2. The van der Waals surface area contributed by atoms with E-state index in [4.69, 9.17) is 0 Å². The summed E-state index contributed by atoms with van der Waals surface area (Å²) in [5.41, 5.74) is 3.28. The van der Waals surface area contributed by atoms with Crippen LogP contribution >= 0.6 is 11.3 Å². The molecule has 0 amide bonds. The lowest BCUT2D eigenvalue weighted by Crippen LogP contribution is -2.18. The van der Waals surface area contributed by atoms with Gasteiger partial charge in [-0.05, 0) is 49.3 Å². The van der Waals surface area contributed by atoms with Gasteiger partial charge in [-0.1, -0.05) is 24.3 Å². The van der Waals surface area contributed by atoms with Crippen molar-refractivity contribution in [1.82, 2.24) is 9.66 Å². The van der Waals surface area contributed by atoms with E-state index >= 15 is 0 Å². The number of rotatable bonds is 2. The molecule has 5 heteroatoms. The van der Waals surface area contributed by atoms with Crippen LogP contribution in [-0.2, 0) is 12.8 Å². The molecule has 0 atom stereocenters. The number of fused-ring (bicyclic) bond motifs is 3. The molecule has 1 aliphatic rings. The van der Waals surface area contributed by atoms with Gasteiger partial charge in [-0.2, -0.15) is 9.78 Å². The van der Waals surface area contributed by atoms with Crippen LogP contribution in [0.5, 0.6) is 0 Å². The Morgan fingerprint density at radius 1 is 1.26 bits per heavy atom. The van der Waals surface area contributed by atoms with Gasteiger partial charge in [0.1, 0.15) is 11.2 Å². The van der Waals surface area contributed by atoms with Crippen LogP contribution < -0.4 is 5.56 Å². The Kier molecular flexibility index (Phi) is 3.58. The van der Waals surface area contributed by atoms with Gasteiger partial charge in [-0.25, -0.2) is 4.98 Å². The summed E-state index contributed by atoms with van der Waals surface area (Å²) >= 11 is 1.66. The van der Waals surface area contributed by atoms with Crippen molar-refractivity contribution in [3.05, 3.63) is 62.5 Å². The summed E-state index contributed by atoms with van der Waals surface area (Å²) < 4.78 is 1.36. The molecular formula is C18H17N3OS. The number of benzene rings is 1. The summed E-state index contributed by atoms with van der Waals surface area (Å²) in [5.74, 6) is 0. The van der Waals surface area contributed by atoms with E-state index < -0.39 is 0 Å². The van der Waals surface area contributed by atoms with Crippen molar-refractivity contribution in [2.75, 3.05) is 0 Å². The molecule has 0 fully saturated rings. The van der Waals surface area contributed by atoms with Gasteiger partial charge in [0.05, 0.1) is 11.6 Å². The molecule has 1 aliphatic carbocycles. The minimum absolute atomic E-state index is 0.0563. The van der Waals surface area contributed by atoms with Crippen LogP contribution in [0.3, 0.4) is 0 Å². The Bertz CT molecular complexity index is 968. The maximum atomic E-state index is 12.8. The van der Waals surface area contributed by atoms with Gasteiger partial charge in [0, 0.05) is 4.88 Å². The predicted molar refractivity (Wildman–Crippen MR) is 94.7 cm³/mol. The molecule has 0 saturated carbocycles. The van der Waals surface area contributed by atoms with E-state index in [9.17, 15) is 4.79 Å². The first kappa shape index (κ1) is 14.3. The average Bonchev–Trinajstić information content (AvgIpc) is 2.95. The third-order valence-corrected chi connectivity index (χ3v) is 5.57. The Labute approximate surface area is 138 Å². The van der Waals surface area contributed by atoms with Gasteiger partial charge in [0.25, 0.3) is 5.56 Å². The fourth-order valence-electron chi connectivity index (χ4n) is 3.08. The van der Waals surface area contributed by atoms with Crippen LogP contribution in [-0.4, -0.2) is 15.9 Å². The SMILES string of the molecule is Cc1ccccc1C=Nn1cnc2sc3c(c2c1=O)CCCC3. The maximum absolute atomic E-state index is 12.8. The lowest BCUT2D eigenvalue weighted by molar-refractivity contribution is 0.699. The van der Waals surface area contributed by atoms with Gasteiger partial charge in [-0.15, -0.1) is 11.3 Å². The van der Waals surface area contributed by atoms with Crippen molar-refractivity contribution >= 4 is 27.8 Å². The van der Waals surface area contributed by atoms with E-state index in [0.29, 0.717) is 0 Å². The number of aromatic nitrogens is 2. The molecule has 4 rings (SSSR count). The molecule has 0 unspecified atom stereocenters. The summed E-state index contributed by atoms with van der Waals surface area (Å²) in [6, 6.07) is 7.97. The highest BCUT2D eigenvalue weighted by molar-refractivity contribution is 7.18. The first-order valence-corrected chi connectivity index (χ1v) is 8.67. The van der Waals surface area contributed by atoms with Gasteiger partial charge < -0.3 is 0 Å². The minimum atomic E-state index is -0.0563. The van der Waals surface area contributed by atoms with E-state index in [1.54, 1.807) is 17.6 Å². The van der Waals surface area contributed by atoms with E-state index in [1.807, 2.05) is 31.2 Å². The van der Waals surface area contributed by atoms with Gasteiger partial charge in [-0.3, -0.25) is 4.79 Å². The molecule has 0 N–H and O–H groups in total. The van der Waals surface area contributed by atoms with Crippen molar-refractivity contribution in [2.45, 2.75) is 32.6 Å². The Morgan fingerprint density at radius 2 is 2.09 bits per heavy atom. The molecule has 1 aromatic carbocycles. The largest absolute Gasteiger partial charge is 0.282 e. The van der Waals surface area contributed by atoms with Gasteiger partial charge >= 0.3 is 0 Å². The summed E-state index contributed by atoms with van der Waals surface area (Å²) in [4.78, 5) is 19.4. The summed E-state index contributed by atoms with van der Waals surface area (Å²) in [6.07, 6.45) is 7.67. The highest BCUT2D eigenvalue weighted by atomic mass is 32.1. The third kappa shape index (κ3) is 2.51. The predicted octanol–water partition coefficient (Wildman–Crippen LogP) is 3.53. The molecule has 0 spiro atoms. The zero-order valence-corrected chi connectivity index (χ0v) is 13.8. The van der Waals surface area contributed by atoms with Crippen LogP contribution in [0, 0.1) is 6.92 Å². The summed E-state index contributed by atoms with van der Waals surface area (Å²) in [6.45, 7) is 2.03. The van der Waals surface area contributed by atoms with Gasteiger partial charge in [0.2, 0.25) is 0 Å². The van der Waals surface area contributed by atoms with E-state index in [1.165, 1.54) is 27.9 Å². The quantitative estimate of drug-likeness (QED) is 0.677. The first-order valence-electron chi connectivity index (χ1n) is 7.86. The zero-order valence-electron chi connectivity index (χ0n) is 13.0. The van der Waals surface area contributed by atoms with Crippen molar-refractivity contribution in [1.29, 1.82) is 0 Å². The topological polar surface area (TPSA) is 47.2 Å². The minimum Gasteiger partial charge on any atom is -0.267 e. The number of hydrogen-bond acceptors (Lipinski definition) is 4. The summed E-state index contributed by atoms with van der Waals surface area (Å²) in [7, 11) is 0. The third-order valence-electron chi connectivity index (χ3n) is 4.37. The van der Waals surface area contributed by atoms with Crippen LogP contribution in [0.4, 0.5) is 0 Å². The van der Waals surface area contributed by atoms with Crippen LogP contribution in [0.25, 0.3) is 10.2 Å². The van der Waals surface area contributed by atoms with Crippen LogP contribution in [0.1, 0.15) is 34.4 Å². The second-order valence-corrected chi connectivity index (χ2v) is 6.97. The van der Waals surface area contributed by atoms with Crippen molar-refractivity contribution in [3.63, 3.8) is 0 Å². The molecular weight excluding hydrogens is 306 g/mol.